The molecule has 0 bridgehead atoms. The first-order valence-electron chi connectivity index (χ1n) is 8.20. The number of carbonyl (C=O) groups excluding carboxylic acids is 1. The molecule has 0 aliphatic heterocycles. The Balaban J connectivity index is 1.87. The van der Waals surface area contributed by atoms with E-state index in [9.17, 15) is 18.0 Å². The first-order chi connectivity index (χ1) is 11.4. The number of aryl methyl sites for hydroxylation is 1. The van der Waals surface area contributed by atoms with E-state index in [1.807, 2.05) is 0 Å². The second-order valence-electron chi connectivity index (χ2n) is 6.27. The lowest BCUT2D eigenvalue weighted by atomic mass is 9.87. The molecule has 0 radical (unpaired) electrons. The molecule has 1 aliphatic rings. The minimum absolute atomic E-state index is 0.0372. The summed E-state index contributed by atoms with van der Waals surface area (Å²) in [4.78, 5) is 12.1. The van der Waals surface area contributed by atoms with Gasteiger partial charge < -0.3 is 15.7 Å². The number of carbonyl (C=O) groups is 1. The van der Waals surface area contributed by atoms with Crippen molar-refractivity contribution in [1.82, 2.24) is 5.32 Å². The van der Waals surface area contributed by atoms with Crippen molar-refractivity contribution in [3.63, 3.8) is 0 Å². The zero-order valence-corrected chi connectivity index (χ0v) is 13.4. The number of rotatable bonds is 5. The minimum Gasteiger partial charge on any atom is -0.396 e. The lowest BCUT2D eigenvalue weighted by molar-refractivity contribution is -0.133. The topological polar surface area (TPSA) is 61.4 Å². The molecule has 1 aliphatic carbocycles. The van der Waals surface area contributed by atoms with Crippen molar-refractivity contribution < 1.29 is 23.1 Å². The van der Waals surface area contributed by atoms with Gasteiger partial charge in [-0.2, -0.15) is 13.2 Å². The average molecular weight is 344 g/mol. The molecule has 134 valence electrons. The highest BCUT2D eigenvalue weighted by Crippen LogP contribution is 2.26. The number of urea groups is 1. The molecule has 2 rings (SSSR count). The van der Waals surface area contributed by atoms with Crippen LogP contribution in [0.4, 0.5) is 23.7 Å². The number of hydrogen-bond acceptors (Lipinski definition) is 2. The smallest absolute Gasteiger partial charge is 0.389 e. The molecule has 0 spiro atoms. The molecule has 24 heavy (non-hydrogen) atoms. The van der Waals surface area contributed by atoms with Gasteiger partial charge in [-0.25, -0.2) is 4.79 Å². The van der Waals surface area contributed by atoms with Crippen LogP contribution in [0.1, 0.15) is 37.7 Å². The summed E-state index contributed by atoms with van der Waals surface area (Å²) in [6.45, 7) is 0.172. The van der Waals surface area contributed by atoms with Crippen LogP contribution in [0.2, 0.25) is 0 Å². The SMILES string of the molecule is O=C(Nc1ccccc1CCC(F)(F)F)NC1CCC(CO)CC1. The first-order valence-corrected chi connectivity index (χ1v) is 8.20. The van der Waals surface area contributed by atoms with Gasteiger partial charge in [0.2, 0.25) is 0 Å². The normalized spacial score (nSPS) is 21.3. The summed E-state index contributed by atoms with van der Waals surface area (Å²) >= 11 is 0. The van der Waals surface area contributed by atoms with Crippen LogP contribution in [0.5, 0.6) is 0 Å². The van der Waals surface area contributed by atoms with Crippen LogP contribution in [0.25, 0.3) is 0 Å². The lowest BCUT2D eigenvalue weighted by Crippen LogP contribution is -2.40. The number of para-hydroxylation sites is 1. The zero-order valence-electron chi connectivity index (χ0n) is 13.4. The molecule has 7 heteroatoms. The van der Waals surface area contributed by atoms with E-state index < -0.39 is 18.6 Å². The summed E-state index contributed by atoms with van der Waals surface area (Å²) in [6, 6.07) is 6.17. The average Bonchev–Trinajstić information content (AvgIpc) is 2.54. The Labute approximate surface area is 139 Å². The fourth-order valence-electron chi connectivity index (χ4n) is 2.97. The molecule has 1 saturated carbocycles. The number of aliphatic hydroxyl groups is 1. The molecule has 2 amide bonds. The maximum atomic E-state index is 12.4. The summed E-state index contributed by atoms with van der Waals surface area (Å²) in [5, 5.41) is 14.6. The van der Waals surface area contributed by atoms with Crippen LogP contribution in [0.15, 0.2) is 24.3 Å². The third kappa shape index (κ3) is 6.03. The van der Waals surface area contributed by atoms with E-state index in [1.54, 1.807) is 24.3 Å². The van der Waals surface area contributed by atoms with Gasteiger partial charge in [-0.3, -0.25) is 0 Å². The van der Waals surface area contributed by atoms with Crippen LogP contribution in [0, 0.1) is 5.92 Å². The molecular formula is C17H23F3N2O2. The number of aliphatic hydroxyl groups excluding tert-OH is 1. The number of benzene rings is 1. The van der Waals surface area contributed by atoms with Crippen molar-refractivity contribution in [3.05, 3.63) is 29.8 Å². The number of halogens is 3. The van der Waals surface area contributed by atoms with Crippen molar-refractivity contribution in [2.75, 3.05) is 11.9 Å². The highest BCUT2D eigenvalue weighted by Gasteiger charge is 2.27. The fourth-order valence-corrected chi connectivity index (χ4v) is 2.97. The van der Waals surface area contributed by atoms with Gasteiger partial charge in [-0.05, 0) is 49.7 Å². The monoisotopic (exact) mass is 344 g/mol. The maximum absolute atomic E-state index is 12.4. The summed E-state index contributed by atoms with van der Waals surface area (Å²) in [5.41, 5.74) is 0.872. The number of anilines is 1. The Hall–Kier alpha value is -1.76. The molecule has 0 unspecified atom stereocenters. The van der Waals surface area contributed by atoms with Crippen LogP contribution >= 0.6 is 0 Å². The molecule has 3 N–H and O–H groups in total. The van der Waals surface area contributed by atoms with E-state index in [0.717, 1.165) is 25.7 Å². The third-order valence-corrected chi connectivity index (χ3v) is 4.38. The molecule has 4 nitrogen and oxygen atoms in total. The molecule has 1 aromatic carbocycles. The Kier molecular flexibility index (Phi) is 6.48. The van der Waals surface area contributed by atoms with E-state index in [1.165, 1.54) is 0 Å². The number of hydrogen-bond donors (Lipinski definition) is 3. The van der Waals surface area contributed by atoms with Gasteiger partial charge in [-0.15, -0.1) is 0 Å². The molecule has 1 fully saturated rings. The molecule has 0 heterocycles. The van der Waals surface area contributed by atoms with Crippen LogP contribution in [-0.2, 0) is 6.42 Å². The minimum atomic E-state index is -4.22. The van der Waals surface area contributed by atoms with Crippen molar-refractivity contribution in [1.29, 1.82) is 0 Å². The molecule has 0 saturated heterocycles. The second-order valence-corrected chi connectivity index (χ2v) is 6.27. The standard InChI is InChI=1S/C17H23F3N2O2/c18-17(19,20)10-9-13-3-1-2-4-15(13)22-16(24)21-14-7-5-12(11-23)6-8-14/h1-4,12,14,23H,5-11H2,(H2,21,22,24). The number of nitrogens with one attached hydrogen (secondary N) is 2. The molecule has 0 atom stereocenters. The highest BCUT2D eigenvalue weighted by molar-refractivity contribution is 5.90. The summed E-state index contributed by atoms with van der Waals surface area (Å²) < 4.78 is 37.2. The van der Waals surface area contributed by atoms with Gasteiger partial charge in [0, 0.05) is 24.8 Å². The van der Waals surface area contributed by atoms with E-state index in [0.29, 0.717) is 17.2 Å². The van der Waals surface area contributed by atoms with Crippen molar-refractivity contribution >= 4 is 11.7 Å². The fraction of sp³-hybridized carbons (Fsp3) is 0.588. The Morgan fingerprint density at radius 2 is 1.83 bits per heavy atom. The first kappa shape index (κ1) is 18.6. The van der Waals surface area contributed by atoms with Crippen molar-refractivity contribution in [2.45, 2.75) is 50.7 Å². The summed E-state index contributed by atoms with van der Waals surface area (Å²) in [5.74, 6) is 0.300. The predicted molar refractivity (Wildman–Crippen MR) is 85.8 cm³/mol. The van der Waals surface area contributed by atoms with Crippen molar-refractivity contribution in [2.24, 2.45) is 5.92 Å². The second kappa shape index (κ2) is 8.37. The van der Waals surface area contributed by atoms with Crippen LogP contribution in [-0.4, -0.2) is 30.0 Å². The van der Waals surface area contributed by atoms with E-state index >= 15 is 0 Å². The lowest BCUT2D eigenvalue weighted by Gasteiger charge is -2.28. The largest absolute Gasteiger partial charge is 0.396 e. The van der Waals surface area contributed by atoms with Gasteiger partial charge in [0.1, 0.15) is 0 Å². The van der Waals surface area contributed by atoms with Gasteiger partial charge in [0.15, 0.2) is 0 Å². The van der Waals surface area contributed by atoms with E-state index in [4.69, 9.17) is 5.11 Å². The zero-order chi connectivity index (χ0) is 17.6. The van der Waals surface area contributed by atoms with Gasteiger partial charge in [0.05, 0.1) is 0 Å². The quantitative estimate of drug-likeness (QED) is 0.760. The molecule has 1 aromatic rings. The van der Waals surface area contributed by atoms with Crippen LogP contribution < -0.4 is 10.6 Å². The number of amides is 2. The molecular weight excluding hydrogens is 321 g/mol. The van der Waals surface area contributed by atoms with E-state index in [-0.39, 0.29) is 19.1 Å². The summed E-state index contributed by atoms with van der Waals surface area (Å²) in [6.07, 6.45) is -1.98. The van der Waals surface area contributed by atoms with Gasteiger partial charge in [0.25, 0.3) is 0 Å². The van der Waals surface area contributed by atoms with Gasteiger partial charge >= 0.3 is 12.2 Å². The van der Waals surface area contributed by atoms with E-state index in [2.05, 4.69) is 10.6 Å². The maximum Gasteiger partial charge on any atom is 0.389 e. The highest BCUT2D eigenvalue weighted by atomic mass is 19.4. The summed E-state index contributed by atoms with van der Waals surface area (Å²) in [7, 11) is 0. The van der Waals surface area contributed by atoms with Crippen LogP contribution in [0.3, 0.4) is 0 Å². The Morgan fingerprint density at radius 1 is 1.17 bits per heavy atom. The van der Waals surface area contributed by atoms with Crippen molar-refractivity contribution in [3.8, 4) is 0 Å². The Bertz CT molecular complexity index is 541. The number of alkyl halides is 3. The Morgan fingerprint density at radius 3 is 2.46 bits per heavy atom. The third-order valence-electron chi connectivity index (χ3n) is 4.38. The van der Waals surface area contributed by atoms with Gasteiger partial charge in [-0.1, -0.05) is 18.2 Å². The molecule has 0 aromatic heterocycles. The predicted octanol–water partition coefficient (Wildman–Crippen LogP) is 3.85.